The van der Waals surface area contributed by atoms with Crippen molar-refractivity contribution >= 4 is 5.91 Å². The summed E-state index contributed by atoms with van der Waals surface area (Å²) in [7, 11) is 3.58. The summed E-state index contributed by atoms with van der Waals surface area (Å²) in [5.74, 6) is 1.64. The van der Waals surface area contributed by atoms with Crippen LogP contribution in [0.25, 0.3) is 0 Å². The van der Waals surface area contributed by atoms with Crippen molar-refractivity contribution < 1.29 is 14.1 Å². The smallest absolute Gasteiger partial charge is 0.276 e. The van der Waals surface area contributed by atoms with Crippen molar-refractivity contribution in [2.45, 2.75) is 20.1 Å². The summed E-state index contributed by atoms with van der Waals surface area (Å²) in [6, 6.07) is 5.27. The molecule has 25 heavy (non-hydrogen) atoms. The number of pyridine rings is 1. The summed E-state index contributed by atoms with van der Waals surface area (Å²) in [6.07, 6.45) is 5.16. The molecule has 0 saturated heterocycles. The highest BCUT2D eigenvalue weighted by Crippen LogP contribution is 2.13. The minimum Gasteiger partial charge on any atom is -0.484 e. The van der Waals surface area contributed by atoms with Gasteiger partial charge in [-0.3, -0.25) is 9.78 Å². The van der Waals surface area contributed by atoms with E-state index < -0.39 is 0 Å². The Morgan fingerprint density at radius 1 is 1.36 bits per heavy atom. The molecule has 0 radical (unpaired) electrons. The maximum absolute atomic E-state index is 12.4. The van der Waals surface area contributed by atoms with Crippen LogP contribution in [0.4, 0.5) is 0 Å². The number of hydrogen-bond donors (Lipinski definition) is 0. The highest BCUT2D eigenvalue weighted by atomic mass is 16.5. The molecule has 0 aliphatic heterocycles. The number of carbonyl (C=O) groups is 1. The second kappa shape index (κ2) is 7.16. The van der Waals surface area contributed by atoms with Crippen molar-refractivity contribution in [3.05, 3.63) is 59.8 Å². The Morgan fingerprint density at radius 2 is 2.20 bits per heavy atom. The van der Waals surface area contributed by atoms with Crippen molar-refractivity contribution in [1.29, 1.82) is 0 Å². The van der Waals surface area contributed by atoms with Crippen molar-refractivity contribution in [3.8, 4) is 5.75 Å². The normalized spacial score (nSPS) is 10.7. The highest BCUT2D eigenvalue weighted by molar-refractivity contribution is 5.91. The standard InChI is InChI=1S/C17H19N5O3/c1-12-4-5-13(9-19-12)24-11-14-8-15(20-25-14)17(23)22(3)10-16-18-6-7-21(16)2/h4-9H,10-11H2,1-3H3. The third-order valence-electron chi connectivity index (χ3n) is 3.69. The molecule has 8 heteroatoms. The van der Waals surface area contributed by atoms with Crippen LogP contribution in [0, 0.1) is 6.92 Å². The fourth-order valence-electron chi connectivity index (χ4n) is 2.20. The molecule has 3 rings (SSSR count). The summed E-state index contributed by atoms with van der Waals surface area (Å²) in [6.45, 7) is 2.46. The number of amides is 1. The molecule has 130 valence electrons. The summed E-state index contributed by atoms with van der Waals surface area (Å²) in [4.78, 5) is 22.3. The lowest BCUT2D eigenvalue weighted by atomic mass is 10.3. The molecule has 3 aromatic rings. The summed E-state index contributed by atoms with van der Waals surface area (Å²) in [5, 5.41) is 3.83. The number of hydrogen-bond acceptors (Lipinski definition) is 6. The third kappa shape index (κ3) is 4.03. The first-order valence-corrected chi connectivity index (χ1v) is 7.75. The van der Waals surface area contributed by atoms with Crippen LogP contribution in [0.3, 0.4) is 0 Å². The van der Waals surface area contributed by atoms with Gasteiger partial charge < -0.3 is 18.7 Å². The number of aryl methyl sites for hydroxylation is 2. The van der Waals surface area contributed by atoms with Crippen LogP contribution in [0.2, 0.25) is 0 Å². The van der Waals surface area contributed by atoms with Crippen LogP contribution in [0.1, 0.15) is 27.8 Å². The average Bonchev–Trinajstić information content (AvgIpc) is 3.23. The zero-order chi connectivity index (χ0) is 17.8. The fourth-order valence-corrected chi connectivity index (χ4v) is 2.20. The molecular weight excluding hydrogens is 322 g/mol. The van der Waals surface area contributed by atoms with Crippen molar-refractivity contribution in [2.24, 2.45) is 7.05 Å². The molecule has 1 amide bonds. The SMILES string of the molecule is Cc1ccc(OCc2cc(C(=O)N(C)Cc3nccn3C)no2)cn1. The maximum atomic E-state index is 12.4. The summed E-state index contributed by atoms with van der Waals surface area (Å²) < 4.78 is 12.6. The minimum atomic E-state index is -0.241. The molecule has 0 atom stereocenters. The first kappa shape index (κ1) is 16.7. The van der Waals surface area contributed by atoms with E-state index in [9.17, 15) is 4.79 Å². The number of nitrogens with zero attached hydrogens (tertiary/aromatic N) is 5. The van der Waals surface area contributed by atoms with Gasteiger partial charge in [0.15, 0.2) is 11.5 Å². The molecule has 0 bridgehead atoms. The minimum absolute atomic E-state index is 0.175. The van der Waals surface area contributed by atoms with E-state index in [0.717, 1.165) is 11.5 Å². The first-order valence-electron chi connectivity index (χ1n) is 7.75. The molecule has 0 aliphatic rings. The van der Waals surface area contributed by atoms with Crippen molar-refractivity contribution in [2.75, 3.05) is 7.05 Å². The van der Waals surface area contributed by atoms with Crippen molar-refractivity contribution in [3.63, 3.8) is 0 Å². The molecule has 0 fully saturated rings. The largest absolute Gasteiger partial charge is 0.484 e. The lowest BCUT2D eigenvalue weighted by molar-refractivity contribution is 0.0770. The molecule has 0 N–H and O–H groups in total. The summed E-state index contributed by atoms with van der Waals surface area (Å²) >= 11 is 0. The van der Waals surface area contributed by atoms with Gasteiger partial charge >= 0.3 is 0 Å². The van der Waals surface area contributed by atoms with Crippen LogP contribution in [-0.4, -0.2) is 37.5 Å². The Balaban J connectivity index is 1.59. The first-order chi connectivity index (χ1) is 12.0. The van der Waals surface area contributed by atoms with Crippen LogP contribution < -0.4 is 4.74 Å². The number of carbonyl (C=O) groups excluding carboxylic acids is 1. The molecule has 3 heterocycles. The van der Waals surface area contributed by atoms with E-state index in [0.29, 0.717) is 18.1 Å². The lowest BCUT2D eigenvalue weighted by Gasteiger charge is -2.14. The highest BCUT2D eigenvalue weighted by Gasteiger charge is 2.18. The van der Waals surface area contributed by atoms with Gasteiger partial charge in [-0.25, -0.2) is 4.98 Å². The van der Waals surface area contributed by atoms with Crippen LogP contribution in [-0.2, 0) is 20.2 Å². The third-order valence-corrected chi connectivity index (χ3v) is 3.69. The average molecular weight is 341 g/mol. The van der Waals surface area contributed by atoms with Crippen LogP contribution in [0.15, 0.2) is 41.3 Å². The van der Waals surface area contributed by atoms with Gasteiger partial charge in [0.2, 0.25) is 0 Å². The number of aromatic nitrogens is 4. The second-order valence-corrected chi connectivity index (χ2v) is 5.72. The number of ether oxygens (including phenoxy) is 1. The zero-order valence-electron chi connectivity index (χ0n) is 14.3. The Bertz CT molecular complexity index is 853. The predicted octanol–water partition coefficient (Wildman–Crippen LogP) is 1.96. The van der Waals surface area contributed by atoms with Crippen LogP contribution >= 0.6 is 0 Å². The van der Waals surface area contributed by atoms with Gasteiger partial charge in [-0.2, -0.15) is 0 Å². The van der Waals surface area contributed by atoms with Gasteiger partial charge in [-0.1, -0.05) is 5.16 Å². The molecule has 0 saturated carbocycles. The molecule has 0 aliphatic carbocycles. The van der Waals surface area contributed by atoms with E-state index in [1.165, 1.54) is 4.90 Å². The van der Waals surface area contributed by atoms with Gasteiger partial charge in [-0.05, 0) is 19.1 Å². The summed E-state index contributed by atoms with van der Waals surface area (Å²) in [5.41, 5.74) is 1.15. The number of rotatable bonds is 6. The molecule has 3 aromatic heterocycles. The van der Waals surface area contributed by atoms with E-state index in [1.54, 1.807) is 25.5 Å². The van der Waals surface area contributed by atoms with E-state index in [-0.39, 0.29) is 18.2 Å². The van der Waals surface area contributed by atoms with Crippen molar-refractivity contribution in [1.82, 2.24) is 24.6 Å². The van der Waals surface area contributed by atoms with Gasteiger partial charge in [0.05, 0.1) is 12.7 Å². The predicted molar refractivity (Wildman–Crippen MR) is 88.8 cm³/mol. The maximum Gasteiger partial charge on any atom is 0.276 e. The Morgan fingerprint density at radius 3 is 2.88 bits per heavy atom. The molecule has 0 unspecified atom stereocenters. The molecular formula is C17H19N5O3. The number of imidazole rings is 1. The van der Waals surface area contributed by atoms with Gasteiger partial charge in [-0.15, -0.1) is 0 Å². The second-order valence-electron chi connectivity index (χ2n) is 5.72. The molecule has 0 aromatic carbocycles. The Kier molecular flexibility index (Phi) is 4.78. The quantitative estimate of drug-likeness (QED) is 0.681. The topological polar surface area (TPSA) is 86.3 Å². The van der Waals surface area contributed by atoms with Crippen LogP contribution in [0.5, 0.6) is 5.75 Å². The van der Waals surface area contributed by atoms with E-state index >= 15 is 0 Å². The van der Waals surface area contributed by atoms with Gasteiger partial charge in [0.1, 0.15) is 18.2 Å². The Hall–Kier alpha value is -3.16. The van der Waals surface area contributed by atoms with Gasteiger partial charge in [0, 0.05) is 38.2 Å². The lowest BCUT2D eigenvalue weighted by Crippen LogP contribution is -2.27. The molecule has 0 spiro atoms. The Labute approximate surface area is 145 Å². The molecule has 8 nitrogen and oxygen atoms in total. The van der Waals surface area contributed by atoms with E-state index in [4.69, 9.17) is 9.26 Å². The van der Waals surface area contributed by atoms with Gasteiger partial charge in [0.25, 0.3) is 5.91 Å². The monoisotopic (exact) mass is 341 g/mol. The van der Waals surface area contributed by atoms with E-state index in [2.05, 4.69) is 15.1 Å². The van der Waals surface area contributed by atoms with E-state index in [1.807, 2.05) is 36.9 Å². The zero-order valence-corrected chi connectivity index (χ0v) is 14.3. The fraction of sp³-hybridized carbons (Fsp3) is 0.294.